The Hall–Kier alpha value is -1.36. The summed E-state index contributed by atoms with van der Waals surface area (Å²) in [6.45, 7) is 5.24. The van der Waals surface area contributed by atoms with Crippen LogP contribution >= 0.6 is 0 Å². The van der Waals surface area contributed by atoms with Crippen molar-refractivity contribution in [1.82, 2.24) is 14.9 Å². The molecule has 1 amide bonds. The fraction of sp³-hybridized carbons (Fsp3) is 0.667. The summed E-state index contributed by atoms with van der Waals surface area (Å²) in [7, 11) is 1.83. The molecule has 0 saturated heterocycles. The second kappa shape index (κ2) is 6.39. The van der Waals surface area contributed by atoms with Gasteiger partial charge in [0.1, 0.15) is 5.82 Å². The standard InChI is InChI=1S/C12H22N4O/c1-4-5-6-16(3)12(17)7-11-14-9(2)10(8-13)15-11/h4-8,13H2,1-3H3,(H,14,15). The van der Waals surface area contributed by atoms with Crippen molar-refractivity contribution in [2.24, 2.45) is 5.73 Å². The van der Waals surface area contributed by atoms with Gasteiger partial charge < -0.3 is 15.6 Å². The molecule has 0 fully saturated rings. The number of aromatic nitrogens is 2. The molecule has 3 N–H and O–H groups in total. The average molecular weight is 238 g/mol. The fourth-order valence-corrected chi connectivity index (χ4v) is 1.64. The minimum absolute atomic E-state index is 0.0933. The molecule has 0 atom stereocenters. The SMILES string of the molecule is CCCCN(C)C(=O)Cc1nc(C)c(CN)[nH]1. The molecular formula is C12H22N4O. The van der Waals surface area contributed by atoms with Crippen LogP contribution in [0.2, 0.25) is 0 Å². The highest BCUT2D eigenvalue weighted by molar-refractivity contribution is 5.77. The summed E-state index contributed by atoms with van der Waals surface area (Å²) >= 11 is 0. The second-order valence-electron chi connectivity index (χ2n) is 4.30. The first-order valence-corrected chi connectivity index (χ1v) is 6.06. The lowest BCUT2D eigenvalue weighted by molar-refractivity contribution is -0.129. The van der Waals surface area contributed by atoms with Gasteiger partial charge in [-0.1, -0.05) is 13.3 Å². The number of H-pyrrole nitrogens is 1. The third kappa shape index (κ3) is 3.85. The van der Waals surface area contributed by atoms with Crippen molar-refractivity contribution in [3.05, 3.63) is 17.2 Å². The predicted molar refractivity (Wildman–Crippen MR) is 67.5 cm³/mol. The molecule has 17 heavy (non-hydrogen) atoms. The van der Waals surface area contributed by atoms with Crippen molar-refractivity contribution < 1.29 is 4.79 Å². The Morgan fingerprint density at radius 3 is 2.76 bits per heavy atom. The smallest absolute Gasteiger partial charge is 0.229 e. The highest BCUT2D eigenvalue weighted by atomic mass is 16.2. The van der Waals surface area contributed by atoms with Crippen molar-refractivity contribution in [2.45, 2.75) is 39.7 Å². The van der Waals surface area contributed by atoms with Crippen molar-refractivity contribution in [1.29, 1.82) is 0 Å². The Morgan fingerprint density at radius 1 is 1.53 bits per heavy atom. The quantitative estimate of drug-likeness (QED) is 0.775. The fourth-order valence-electron chi connectivity index (χ4n) is 1.64. The number of hydrogen-bond donors (Lipinski definition) is 2. The van der Waals surface area contributed by atoms with Gasteiger partial charge in [0.2, 0.25) is 5.91 Å². The van der Waals surface area contributed by atoms with Crippen LogP contribution in [0.3, 0.4) is 0 Å². The molecule has 0 aromatic carbocycles. The highest BCUT2D eigenvalue weighted by Crippen LogP contribution is 2.05. The van der Waals surface area contributed by atoms with Crippen LogP contribution in [0.25, 0.3) is 0 Å². The first-order valence-electron chi connectivity index (χ1n) is 6.06. The zero-order chi connectivity index (χ0) is 12.8. The molecule has 5 nitrogen and oxygen atoms in total. The minimum Gasteiger partial charge on any atom is -0.345 e. The first kappa shape index (κ1) is 13.7. The van der Waals surface area contributed by atoms with E-state index in [1.807, 2.05) is 14.0 Å². The number of rotatable bonds is 6. The Kier molecular flexibility index (Phi) is 5.15. The van der Waals surface area contributed by atoms with Gasteiger partial charge in [0.25, 0.3) is 0 Å². The van der Waals surface area contributed by atoms with Crippen molar-refractivity contribution in [3.63, 3.8) is 0 Å². The number of imidazole rings is 1. The lowest BCUT2D eigenvalue weighted by Gasteiger charge is -2.15. The molecule has 0 spiro atoms. The lowest BCUT2D eigenvalue weighted by atomic mass is 10.3. The number of carbonyl (C=O) groups excluding carboxylic acids is 1. The summed E-state index contributed by atoms with van der Waals surface area (Å²) in [5.41, 5.74) is 7.34. The van der Waals surface area contributed by atoms with Crippen molar-refractivity contribution >= 4 is 5.91 Å². The number of nitrogens with one attached hydrogen (secondary N) is 1. The summed E-state index contributed by atoms with van der Waals surface area (Å²) in [6.07, 6.45) is 2.45. The Morgan fingerprint density at radius 2 is 2.24 bits per heavy atom. The molecule has 1 heterocycles. The van der Waals surface area contributed by atoms with E-state index >= 15 is 0 Å². The van der Waals surface area contributed by atoms with Crippen LogP contribution < -0.4 is 5.73 Å². The van der Waals surface area contributed by atoms with E-state index in [1.54, 1.807) is 4.90 Å². The number of aromatic amines is 1. The minimum atomic E-state index is 0.0933. The number of unbranched alkanes of at least 4 members (excludes halogenated alkanes) is 1. The zero-order valence-electron chi connectivity index (χ0n) is 10.9. The molecule has 0 bridgehead atoms. The van der Waals surface area contributed by atoms with Crippen LogP contribution in [-0.2, 0) is 17.8 Å². The normalized spacial score (nSPS) is 10.6. The van der Waals surface area contributed by atoms with E-state index in [1.165, 1.54) is 0 Å². The number of nitrogens with zero attached hydrogens (tertiary/aromatic N) is 2. The van der Waals surface area contributed by atoms with Crippen LogP contribution in [-0.4, -0.2) is 34.4 Å². The van der Waals surface area contributed by atoms with E-state index in [2.05, 4.69) is 16.9 Å². The van der Waals surface area contributed by atoms with E-state index in [-0.39, 0.29) is 5.91 Å². The molecule has 1 aromatic rings. The number of amides is 1. The van der Waals surface area contributed by atoms with Crippen LogP contribution in [0, 0.1) is 6.92 Å². The monoisotopic (exact) mass is 238 g/mol. The predicted octanol–water partition coefficient (Wildman–Crippen LogP) is 0.978. The Balaban J connectivity index is 2.55. The number of aryl methyl sites for hydroxylation is 1. The summed E-state index contributed by atoms with van der Waals surface area (Å²) in [4.78, 5) is 21.0. The summed E-state index contributed by atoms with van der Waals surface area (Å²) in [5.74, 6) is 0.798. The van der Waals surface area contributed by atoms with Crippen molar-refractivity contribution in [2.75, 3.05) is 13.6 Å². The molecule has 0 aliphatic carbocycles. The van der Waals surface area contributed by atoms with Gasteiger partial charge in [-0.2, -0.15) is 0 Å². The van der Waals surface area contributed by atoms with E-state index in [0.717, 1.165) is 30.8 Å². The van der Waals surface area contributed by atoms with E-state index in [9.17, 15) is 4.79 Å². The molecule has 96 valence electrons. The van der Waals surface area contributed by atoms with E-state index in [0.29, 0.717) is 18.8 Å². The molecule has 0 radical (unpaired) electrons. The maximum absolute atomic E-state index is 11.9. The highest BCUT2D eigenvalue weighted by Gasteiger charge is 2.12. The first-order chi connectivity index (χ1) is 8.08. The molecule has 5 heteroatoms. The number of nitrogens with two attached hydrogens (primary N) is 1. The van der Waals surface area contributed by atoms with Gasteiger partial charge in [-0.3, -0.25) is 4.79 Å². The third-order valence-corrected chi connectivity index (χ3v) is 2.83. The van der Waals surface area contributed by atoms with Crippen LogP contribution in [0.5, 0.6) is 0 Å². The molecule has 0 aliphatic rings. The van der Waals surface area contributed by atoms with Gasteiger partial charge in [0.15, 0.2) is 0 Å². The average Bonchev–Trinajstić information content (AvgIpc) is 2.66. The molecule has 0 saturated carbocycles. The number of likely N-dealkylation sites (N-methyl/N-ethyl adjacent to an activating group) is 1. The second-order valence-corrected chi connectivity index (χ2v) is 4.30. The van der Waals surface area contributed by atoms with Gasteiger partial charge >= 0.3 is 0 Å². The van der Waals surface area contributed by atoms with Gasteiger partial charge in [-0.25, -0.2) is 4.98 Å². The number of carbonyl (C=O) groups is 1. The maximum Gasteiger partial charge on any atom is 0.229 e. The van der Waals surface area contributed by atoms with Gasteiger partial charge in [-0.15, -0.1) is 0 Å². The Bertz CT molecular complexity index is 373. The number of hydrogen-bond acceptors (Lipinski definition) is 3. The molecule has 0 aliphatic heterocycles. The lowest BCUT2D eigenvalue weighted by Crippen LogP contribution is -2.29. The molecule has 1 aromatic heterocycles. The van der Waals surface area contributed by atoms with Crippen LogP contribution in [0.15, 0.2) is 0 Å². The zero-order valence-corrected chi connectivity index (χ0v) is 10.9. The Labute approximate surface area is 102 Å². The molecule has 1 rings (SSSR count). The van der Waals surface area contributed by atoms with E-state index in [4.69, 9.17) is 5.73 Å². The van der Waals surface area contributed by atoms with Crippen LogP contribution in [0.1, 0.15) is 37.0 Å². The van der Waals surface area contributed by atoms with E-state index < -0.39 is 0 Å². The molecular weight excluding hydrogens is 216 g/mol. The topological polar surface area (TPSA) is 75.0 Å². The largest absolute Gasteiger partial charge is 0.345 e. The third-order valence-electron chi connectivity index (χ3n) is 2.83. The van der Waals surface area contributed by atoms with Crippen LogP contribution in [0.4, 0.5) is 0 Å². The van der Waals surface area contributed by atoms with Gasteiger partial charge in [0.05, 0.1) is 17.8 Å². The summed E-state index contributed by atoms with van der Waals surface area (Å²) in [5, 5.41) is 0. The van der Waals surface area contributed by atoms with Gasteiger partial charge in [0, 0.05) is 20.1 Å². The molecule has 0 unspecified atom stereocenters. The summed E-state index contributed by atoms with van der Waals surface area (Å²) < 4.78 is 0. The van der Waals surface area contributed by atoms with Gasteiger partial charge in [-0.05, 0) is 13.3 Å². The summed E-state index contributed by atoms with van der Waals surface area (Å²) in [6, 6.07) is 0. The maximum atomic E-state index is 11.9. The van der Waals surface area contributed by atoms with Crippen molar-refractivity contribution in [3.8, 4) is 0 Å².